The molecular formula is C6H3N3. The second kappa shape index (κ2) is 4.37. The predicted octanol–water partition coefficient (Wildman–Crippen LogP) is 0.874. The van der Waals surface area contributed by atoms with Crippen molar-refractivity contribution in [3.8, 4) is 18.2 Å². The van der Waals surface area contributed by atoms with Crippen molar-refractivity contribution in [2.24, 2.45) is 0 Å². The van der Waals surface area contributed by atoms with Gasteiger partial charge in [0.15, 0.2) is 0 Å². The molecule has 0 aliphatic heterocycles. The highest BCUT2D eigenvalue weighted by Gasteiger charge is 1.86. The van der Waals surface area contributed by atoms with E-state index in [0.29, 0.717) is 0 Å². The lowest BCUT2D eigenvalue weighted by molar-refractivity contribution is 1.33. The molecule has 42 valence electrons. The van der Waals surface area contributed by atoms with Crippen molar-refractivity contribution in [3.63, 3.8) is 0 Å². The molecule has 0 atom stereocenters. The van der Waals surface area contributed by atoms with E-state index in [0.717, 1.165) is 0 Å². The molecule has 0 saturated carbocycles. The Kier molecular flexibility index (Phi) is 3.50. The SMILES string of the molecule is N#CCC=C(C#N)C#N. The summed E-state index contributed by atoms with van der Waals surface area (Å²) < 4.78 is 0. The van der Waals surface area contributed by atoms with Crippen LogP contribution in [0.5, 0.6) is 0 Å². The van der Waals surface area contributed by atoms with Gasteiger partial charge in [0.25, 0.3) is 0 Å². The predicted molar refractivity (Wildman–Crippen MR) is 29.5 cm³/mol. The van der Waals surface area contributed by atoms with Gasteiger partial charge in [0.05, 0.1) is 12.5 Å². The van der Waals surface area contributed by atoms with E-state index >= 15 is 0 Å². The van der Waals surface area contributed by atoms with Crippen molar-refractivity contribution >= 4 is 0 Å². The zero-order valence-corrected chi connectivity index (χ0v) is 4.63. The molecule has 0 aliphatic carbocycles. The standard InChI is InChI=1S/C6H3N3/c7-3-1-2-6(4-8)5-9/h2H,1H2. The number of allylic oxidation sites excluding steroid dienone is 2. The lowest BCUT2D eigenvalue weighted by Crippen LogP contribution is -1.69. The van der Waals surface area contributed by atoms with E-state index in [9.17, 15) is 0 Å². The van der Waals surface area contributed by atoms with Crippen molar-refractivity contribution < 1.29 is 0 Å². The molecule has 0 heterocycles. The minimum atomic E-state index is -0.00319. The molecule has 0 aliphatic rings. The summed E-state index contributed by atoms with van der Waals surface area (Å²) in [5.41, 5.74) is -0.00319. The smallest absolute Gasteiger partial charge is 0.126 e. The van der Waals surface area contributed by atoms with Crippen LogP contribution in [0.2, 0.25) is 0 Å². The van der Waals surface area contributed by atoms with E-state index < -0.39 is 0 Å². The molecular weight excluding hydrogens is 114 g/mol. The molecule has 0 rings (SSSR count). The normalized spacial score (nSPS) is 5.89. The van der Waals surface area contributed by atoms with Gasteiger partial charge in [-0.05, 0) is 6.08 Å². The number of nitrogens with zero attached hydrogens (tertiary/aromatic N) is 3. The number of hydrogen-bond acceptors (Lipinski definition) is 3. The molecule has 0 aromatic rings. The monoisotopic (exact) mass is 117 g/mol. The lowest BCUT2D eigenvalue weighted by Gasteiger charge is -1.72. The van der Waals surface area contributed by atoms with Gasteiger partial charge in [-0.1, -0.05) is 0 Å². The first-order valence-electron chi connectivity index (χ1n) is 2.22. The first kappa shape index (κ1) is 7.21. The zero-order chi connectivity index (χ0) is 7.11. The molecule has 0 radical (unpaired) electrons. The Labute approximate surface area is 53.1 Å². The van der Waals surface area contributed by atoms with Crippen molar-refractivity contribution in [2.45, 2.75) is 6.42 Å². The van der Waals surface area contributed by atoms with Gasteiger partial charge in [-0.2, -0.15) is 15.8 Å². The maximum absolute atomic E-state index is 8.10. The van der Waals surface area contributed by atoms with E-state index in [-0.39, 0.29) is 12.0 Å². The number of rotatable bonds is 1. The molecule has 0 aromatic carbocycles. The minimum Gasteiger partial charge on any atom is -0.198 e. The third-order valence-electron chi connectivity index (χ3n) is 0.638. The molecule has 0 aromatic heterocycles. The maximum atomic E-state index is 8.10. The van der Waals surface area contributed by atoms with Crippen LogP contribution in [0.3, 0.4) is 0 Å². The minimum absolute atomic E-state index is 0.00319. The maximum Gasteiger partial charge on any atom is 0.126 e. The van der Waals surface area contributed by atoms with E-state index in [1.807, 2.05) is 0 Å². The summed E-state index contributed by atoms with van der Waals surface area (Å²) in [7, 11) is 0. The van der Waals surface area contributed by atoms with Crippen molar-refractivity contribution in [3.05, 3.63) is 11.6 Å². The van der Waals surface area contributed by atoms with Crippen molar-refractivity contribution in [2.75, 3.05) is 0 Å². The Morgan fingerprint density at radius 3 is 2.11 bits per heavy atom. The van der Waals surface area contributed by atoms with Gasteiger partial charge in [0, 0.05) is 0 Å². The Morgan fingerprint density at radius 1 is 1.22 bits per heavy atom. The highest BCUT2D eigenvalue weighted by atomic mass is 14.3. The van der Waals surface area contributed by atoms with Gasteiger partial charge >= 0.3 is 0 Å². The highest BCUT2D eigenvalue weighted by molar-refractivity contribution is 5.35. The van der Waals surface area contributed by atoms with Crippen LogP contribution in [0.15, 0.2) is 11.6 Å². The average molecular weight is 117 g/mol. The summed E-state index contributed by atoms with van der Waals surface area (Å²) in [6, 6.07) is 5.06. The number of nitriles is 3. The topological polar surface area (TPSA) is 71.4 Å². The van der Waals surface area contributed by atoms with Gasteiger partial charge in [-0.15, -0.1) is 0 Å². The van der Waals surface area contributed by atoms with Crippen LogP contribution in [0, 0.1) is 34.0 Å². The third-order valence-corrected chi connectivity index (χ3v) is 0.638. The van der Waals surface area contributed by atoms with E-state index in [2.05, 4.69) is 0 Å². The highest BCUT2D eigenvalue weighted by Crippen LogP contribution is 1.90. The van der Waals surface area contributed by atoms with Crippen molar-refractivity contribution in [1.82, 2.24) is 0 Å². The van der Waals surface area contributed by atoms with E-state index in [4.69, 9.17) is 15.8 Å². The molecule has 0 unspecified atom stereocenters. The summed E-state index contributed by atoms with van der Waals surface area (Å²) in [5.74, 6) is 0. The molecule has 3 nitrogen and oxygen atoms in total. The van der Waals surface area contributed by atoms with Gasteiger partial charge in [0.1, 0.15) is 17.7 Å². The van der Waals surface area contributed by atoms with Crippen LogP contribution in [0.1, 0.15) is 6.42 Å². The zero-order valence-electron chi connectivity index (χ0n) is 4.63. The van der Waals surface area contributed by atoms with Crippen LogP contribution >= 0.6 is 0 Å². The fourth-order valence-electron chi connectivity index (χ4n) is 0.264. The summed E-state index contributed by atoms with van der Waals surface area (Å²) in [4.78, 5) is 0. The average Bonchev–Trinajstić information content (AvgIpc) is 1.91. The van der Waals surface area contributed by atoms with Crippen LogP contribution in [0.4, 0.5) is 0 Å². The first-order valence-corrected chi connectivity index (χ1v) is 2.22. The van der Waals surface area contributed by atoms with Crippen LogP contribution in [0.25, 0.3) is 0 Å². The molecule has 0 saturated heterocycles. The molecule has 0 spiro atoms. The number of hydrogen-bond donors (Lipinski definition) is 0. The quantitative estimate of drug-likeness (QED) is 0.478. The second-order valence-electron chi connectivity index (χ2n) is 1.20. The summed E-state index contributed by atoms with van der Waals surface area (Å²) in [6.07, 6.45) is 1.41. The Balaban J connectivity index is 4.05. The van der Waals surface area contributed by atoms with Gasteiger partial charge in [-0.3, -0.25) is 0 Å². The fraction of sp³-hybridized carbons (Fsp3) is 0.167. The van der Waals surface area contributed by atoms with Gasteiger partial charge in [-0.25, -0.2) is 0 Å². The lowest BCUT2D eigenvalue weighted by atomic mass is 10.3. The summed E-state index contributed by atoms with van der Waals surface area (Å²) in [6.45, 7) is 0. The molecule has 0 fully saturated rings. The molecule has 0 bridgehead atoms. The molecule has 3 heteroatoms. The van der Waals surface area contributed by atoms with Crippen LogP contribution in [-0.4, -0.2) is 0 Å². The van der Waals surface area contributed by atoms with Crippen molar-refractivity contribution in [1.29, 1.82) is 15.8 Å². The van der Waals surface area contributed by atoms with E-state index in [1.54, 1.807) is 18.2 Å². The summed E-state index contributed by atoms with van der Waals surface area (Å²) in [5, 5.41) is 24.2. The Morgan fingerprint density at radius 2 is 1.78 bits per heavy atom. The van der Waals surface area contributed by atoms with Gasteiger partial charge < -0.3 is 0 Å². The summed E-state index contributed by atoms with van der Waals surface area (Å²) >= 11 is 0. The second-order valence-corrected chi connectivity index (χ2v) is 1.20. The Hall–Kier alpha value is -1.79. The molecule has 0 N–H and O–H groups in total. The van der Waals surface area contributed by atoms with Crippen LogP contribution in [-0.2, 0) is 0 Å². The molecule has 9 heavy (non-hydrogen) atoms. The molecule has 0 amide bonds. The fourth-order valence-corrected chi connectivity index (χ4v) is 0.264. The largest absolute Gasteiger partial charge is 0.198 e. The Bertz CT molecular complexity index is 214. The first-order chi connectivity index (χ1) is 4.35. The van der Waals surface area contributed by atoms with E-state index in [1.165, 1.54) is 6.08 Å². The van der Waals surface area contributed by atoms with Crippen LogP contribution < -0.4 is 0 Å². The van der Waals surface area contributed by atoms with Gasteiger partial charge in [0.2, 0.25) is 0 Å². The third kappa shape index (κ3) is 2.85.